The molecule has 4 unspecified atom stereocenters. The lowest BCUT2D eigenvalue weighted by atomic mass is 10.0. The zero-order valence-electron chi connectivity index (χ0n) is 10.2. The van der Waals surface area contributed by atoms with Gasteiger partial charge in [0, 0.05) is 18.7 Å². The van der Waals surface area contributed by atoms with Gasteiger partial charge in [0.15, 0.2) is 0 Å². The van der Waals surface area contributed by atoms with E-state index in [9.17, 15) is 0 Å². The van der Waals surface area contributed by atoms with E-state index in [-0.39, 0.29) is 0 Å². The highest BCUT2D eigenvalue weighted by atomic mass is 16.5. The van der Waals surface area contributed by atoms with E-state index in [1.54, 1.807) is 0 Å². The standard InChI is InChI=1S/C13H25NO/c1-3-12(13-5-4-8-15-13)14-11-7-6-10(2)9-11/h10-14H,3-9H2,1-2H3. The van der Waals surface area contributed by atoms with Gasteiger partial charge in [-0.05, 0) is 44.4 Å². The fourth-order valence-electron chi connectivity index (χ4n) is 3.07. The zero-order chi connectivity index (χ0) is 10.7. The van der Waals surface area contributed by atoms with Crippen LogP contribution in [-0.4, -0.2) is 24.8 Å². The van der Waals surface area contributed by atoms with Gasteiger partial charge in [0.25, 0.3) is 0 Å². The van der Waals surface area contributed by atoms with Gasteiger partial charge >= 0.3 is 0 Å². The Bertz CT molecular complexity index is 189. The molecule has 1 heterocycles. The molecule has 0 aromatic carbocycles. The van der Waals surface area contributed by atoms with E-state index in [4.69, 9.17) is 4.74 Å². The van der Waals surface area contributed by atoms with E-state index >= 15 is 0 Å². The highest BCUT2D eigenvalue weighted by molar-refractivity contribution is 4.86. The first-order chi connectivity index (χ1) is 7.29. The Hall–Kier alpha value is -0.0800. The van der Waals surface area contributed by atoms with Crippen LogP contribution in [-0.2, 0) is 4.74 Å². The monoisotopic (exact) mass is 211 g/mol. The summed E-state index contributed by atoms with van der Waals surface area (Å²) >= 11 is 0. The molecule has 0 spiro atoms. The fourth-order valence-corrected chi connectivity index (χ4v) is 3.07. The summed E-state index contributed by atoms with van der Waals surface area (Å²) < 4.78 is 5.78. The van der Waals surface area contributed by atoms with Crippen molar-refractivity contribution in [2.24, 2.45) is 5.92 Å². The van der Waals surface area contributed by atoms with Crippen molar-refractivity contribution < 1.29 is 4.74 Å². The van der Waals surface area contributed by atoms with Crippen molar-refractivity contribution in [3.8, 4) is 0 Å². The second-order valence-electron chi connectivity index (χ2n) is 5.35. The van der Waals surface area contributed by atoms with Crippen molar-refractivity contribution in [3.05, 3.63) is 0 Å². The van der Waals surface area contributed by atoms with Gasteiger partial charge in [0.1, 0.15) is 0 Å². The van der Waals surface area contributed by atoms with Crippen molar-refractivity contribution in [2.75, 3.05) is 6.61 Å². The molecule has 15 heavy (non-hydrogen) atoms. The summed E-state index contributed by atoms with van der Waals surface area (Å²) in [4.78, 5) is 0. The van der Waals surface area contributed by atoms with Crippen LogP contribution in [0.1, 0.15) is 52.4 Å². The van der Waals surface area contributed by atoms with Crippen LogP contribution < -0.4 is 5.32 Å². The van der Waals surface area contributed by atoms with Crippen molar-refractivity contribution in [3.63, 3.8) is 0 Å². The minimum absolute atomic E-state index is 0.492. The predicted molar refractivity (Wildman–Crippen MR) is 63.0 cm³/mol. The molecule has 4 atom stereocenters. The first-order valence-electron chi connectivity index (χ1n) is 6.67. The third-order valence-corrected chi connectivity index (χ3v) is 4.00. The van der Waals surface area contributed by atoms with E-state index < -0.39 is 0 Å². The second-order valence-corrected chi connectivity index (χ2v) is 5.35. The van der Waals surface area contributed by atoms with Crippen LogP contribution >= 0.6 is 0 Å². The number of hydrogen-bond donors (Lipinski definition) is 1. The summed E-state index contributed by atoms with van der Waals surface area (Å²) in [5, 5.41) is 3.81. The average molecular weight is 211 g/mol. The van der Waals surface area contributed by atoms with Crippen molar-refractivity contribution in [1.82, 2.24) is 5.32 Å². The number of nitrogens with one attached hydrogen (secondary N) is 1. The Morgan fingerprint density at radius 2 is 2.20 bits per heavy atom. The summed E-state index contributed by atoms with van der Waals surface area (Å²) in [6.45, 7) is 5.62. The smallest absolute Gasteiger partial charge is 0.0728 e. The Morgan fingerprint density at radius 3 is 2.73 bits per heavy atom. The molecule has 1 saturated heterocycles. The molecular weight excluding hydrogens is 186 g/mol. The van der Waals surface area contributed by atoms with Crippen LogP contribution in [0.5, 0.6) is 0 Å². The van der Waals surface area contributed by atoms with Gasteiger partial charge in [-0.2, -0.15) is 0 Å². The molecular formula is C13H25NO. The molecule has 2 fully saturated rings. The zero-order valence-corrected chi connectivity index (χ0v) is 10.2. The second kappa shape index (κ2) is 5.31. The van der Waals surface area contributed by atoms with Crippen LogP contribution in [0.2, 0.25) is 0 Å². The highest BCUT2D eigenvalue weighted by Crippen LogP contribution is 2.26. The Morgan fingerprint density at radius 1 is 1.33 bits per heavy atom. The van der Waals surface area contributed by atoms with Gasteiger partial charge in [0.2, 0.25) is 0 Å². The van der Waals surface area contributed by atoms with E-state index in [1.165, 1.54) is 38.5 Å². The molecule has 0 radical (unpaired) electrons. The van der Waals surface area contributed by atoms with Crippen molar-refractivity contribution in [2.45, 2.75) is 70.6 Å². The maximum Gasteiger partial charge on any atom is 0.0728 e. The first-order valence-corrected chi connectivity index (χ1v) is 6.67. The maximum absolute atomic E-state index is 5.78. The minimum atomic E-state index is 0.492. The van der Waals surface area contributed by atoms with Gasteiger partial charge in [-0.25, -0.2) is 0 Å². The molecule has 2 heteroatoms. The number of rotatable bonds is 4. The normalized spacial score (nSPS) is 38.4. The Labute approximate surface area is 93.8 Å². The number of ether oxygens (including phenoxy) is 1. The topological polar surface area (TPSA) is 21.3 Å². The SMILES string of the molecule is CCC(NC1CCC(C)C1)C1CCCO1. The van der Waals surface area contributed by atoms with Crippen LogP contribution in [0.25, 0.3) is 0 Å². The Balaban J connectivity index is 1.79. The largest absolute Gasteiger partial charge is 0.377 e. The van der Waals surface area contributed by atoms with Crippen LogP contribution in [0, 0.1) is 5.92 Å². The third-order valence-electron chi connectivity index (χ3n) is 4.00. The van der Waals surface area contributed by atoms with Gasteiger partial charge < -0.3 is 10.1 Å². The molecule has 2 rings (SSSR count). The molecule has 1 aliphatic carbocycles. The van der Waals surface area contributed by atoms with Crippen LogP contribution in [0.15, 0.2) is 0 Å². The quantitative estimate of drug-likeness (QED) is 0.772. The molecule has 0 amide bonds. The lowest BCUT2D eigenvalue weighted by Crippen LogP contribution is -2.44. The summed E-state index contributed by atoms with van der Waals surface area (Å²) in [5.74, 6) is 0.921. The van der Waals surface area contributed by atoms with Crippen molar-refractivity contribution >= 4 is 0 Å². The van der Waals surface area contributed by atoms with Crippen molar-refractivity contribution in [1.29, 1.82) is 0 Å². The van der Waals surface area contributed by atoms with E-state index in [1.807, 2.05) is 0 Å². The minimum Gasteiger partial charge on any atom is -0.377 e. The highest BCUT2D eigenvalue weighted by Gasteiger charge is 2.29. The molecule has 1 aliphatic heterocycles. The maximum atomic E-state index is 5.78. The summed E-state index contributed by atoms with van der Waals surface area (Å²) in [6, 6.07) is 1.36. The summed E-state index contributed by atoms with van der Waals surface area (Å²) in [6.07, 6.45) is 8.34. The first kappa shape index (κ1) is 11.4. The summed E-state index contributed by atoms with van der Waals surface area (Å²) in [7, 11) is 0. The Kier molecular flexibility index (Phi) is 4.04. The molecule has 2 aliphatic rings. The van der Waals surface area contributed by atoms with E-state index in [0.29, 0.717) is 12.1 Å². The lowest BCUT2D eigenvalue weighted by Gasteiger charge is -2.26. The third kappa shape index (κ3) is 2.94. The fraction of sp³-hybridized carbons (Fsp3) is 1.00. The van der Waals surface area contributed by atoms with Gasteiger partial charge in [0.05, 0.1) is 6.10 Å². The molecule has 0 aromatic heterocycles. The predicted octanol–water partition coefficient (Wildman–Crippen LogP) is 2.72. The molecule has 0 bridgehead atoms. The van der Waals surface area contributed by atoms with Gasteiger partial charge in [-0.3, -0.25) is 0 Å². The summed E-state index contributed by atoms with van der Waals surface area (Å²) in [5.41, 5.74) is 0. The van der Waals surface area contributed by atoms with Crippen LogP contribution in [0.3, 0.4) is 0 Å². The van der Waals surface area contributed by atoms with E-state index in [0.717, 1.165) is 18.6 Å². The molecule has 1 N–H and O–H groups in total. The number of hydrogen-bond acceptors (Lipinski definition) is 2. The molecule has 88 valence electrons. The van der Waals surface area contributed by atoms with E-state index in [2.05, 4.69) is 19.2 Å². The molecule has 1 saturated carbocycles. The molecule has 2 nitrogen and oxygen atoms in total. The lowest BCUT2D eigenvalue weighted by molar-refractivity contribution is 0.0728. The molecule has 0 aromatic rings. The average Bonchev–Trinajstić information content (AvgIpc) is 2.85. The van der Waals surface area contributed by atoms with Crippen LogP contribution in [0.4, 0.5) is 0 Å². The van der Waals surface area contributed by atoms with Gasteiger partial charge in [-0.15, -0.1) is 0 Å². The van der Waals surface area contributed by atoms with Gasteiger partial charge in [-0.1, -0.05) is 13.8 Å².